The SMILES string of the molecule is CCNC(CCN(C)CC1CCCO1)c1ccccc1. The van der Waals surface area contributed by atoms with Crippen LogP contribution in [0.4, 0.5) is 0 Å². The first-order valence-corrected chi connectivity index (χ1v) is 7.88. The number of hydrogen-bond acceptors (Lipinski definition) is 3. The van der Waals surface area contributed by atoms with Crippen molar-refractivity contribution in [3.8, 4) is 0 Å². The number of ether oxygens (including phenoxy) is 1. The molecule has 0 spiro atoms. The van der Waals surface area contributed by atoms with Gasteiger partial charge in [0.05, 0.1) is 6.10 Å². The van der Waals surface area contributed by atoms with Crippen molar-refractivity contribution in [3.05, 3.63) is 35.9 Å². The molecule has 2 unspecified atom stereocenters. The van der Waals surface area contributed by atoms with Crippen LogP contribution in [-0.4, -0.2) is 44.3 Å². The molecule has 3 heteroatoms. The zero-order valence-corrected chi connectivity index (χ0v) is 12.8. The minimum atomic E-state index is 0.452. The van der Waals surface area contributed by atoms with Gasteiger partial charge in [0.25, 0.3) is 0 Å². The molecular weight excluding hydrogens is 248 g/mol. The van der Waals surface area contributed by atoms with Crippen LogP contribution in [0.1, 0.15) is 37.8 Å². The van der Waals surface area contributed by atoms with E-state index in [1.54, 1.807) is 0 Å². The summed E-state index contributed by atoms with van der Waals surface area (Å²) in [6.07, 6.45) is 4.04. The lowest BCUT2D eigenvalue weighted by molar-refractivity contribution is 0.0801. The molecular formula is C17H28N2O. The summed E-state index contributed by atoms with van der Waals surface area (Å²) in [5, 5.41) is 3.59. The Kier molecular flexibility index (Phi) is 6.51. The second-order valence-corrected chi connectivity index (χ2v) is 5.71. The van der Waals surface area contributed by atoms with E-state index in [0.29, 0.717) is 12.1 Å². The lowest BCUT2D eigenvalue weighted by atomic mass is 10.0. The van der Waals surface area contributed by atoms with Crippen LogP contribution >= 0.6 is 0 Å². The van der Waals surface area contributed by atoms with Gasteiger partial charge in [-0.05, 0) is 45.0 Å². The second kappa shape index (κ2) is 8.40. The summed E-state index contributed by atoms with van der Waals surface area (Å²) in [5.41, 5.74) is 1.39. The molecule has 0 bridgehead atoms. The Morgan fingerprint density at radius 2 is 2.15 bits per heavy atom. The molecule has 1 aromatic rings. The maximum Gasteiger partial charge on any atom is 0.0702 e. The van der Waals surface area contributed by atoms with Crippen molar-refractivity contribution in [1.82, 2.24) is 10.2 Å². The summed E-state index contributed by atoms with van der Waals surface area (Å²) in [7, 11) is 2.20. The third kappa shape index (κ3) is 4.89. The summed E-state index contributed by atoms with van der Waals surface area (Å²) in [6.45, 7) is 6.30. The zero-order valence-electron chi connectivity index (χ0n) is 12.8. The molecule has 3 nitrogen and oxygen atoms in total. The number of benzene rings is 1. The first kappa shape index (κ1) is 15.5. The molecule has 2 atom stereocenters. The standard InChI is InChI=1S/C17H28N2O/c1-3-18-17(15-8-5-4-6-9-15)11-12-19(2)14-16-10-7-13-20-16/h4-6,8-9,16-18H,3,7,10-14H2,1-2H3. The highest BCUT2D eigenvalue weighted by atomic mass is 16.5. The number of rotatable bonds is 8. The zero-order chi connectivity index (χ0) is 14.2. The summed E-state index contributed by atoms with van der Waals surface area (Å²) in [5.74, 6) is 0. The molecule has 1 saturated heterocycles. The van der Waals surface area contributed by atoms with Crippen LogP contribution in [0.3, 0.4) is 0 Å². The molecule has 2 rings (SSSR count). The Morgan fingerprint density at radius 3 is 2.80 bits per heavy atom. The smallest absolute Gasteiger partial charge is 0.0702 e. The maximum atomic E-state index is 5.71. The minimum Gasteiger partial charge on any atom is -0.377 e. The summed E-state index contributed by atoms with van der Waals surface area (Å²) < 4.78 is 5.71. The van der Waals surface area contributed by atoms with Gasteiger partial charge in [-0.3, -0.25) is 0 Å². The fourth-order valence-electron chi connectivity index (χ4n) is 2.90. The molecule has 20 heavy (non-hydrogen) atoms. The van der Waals surface area contributed by atoms with Crippen molar-refractivity contribution in [1.29, 1.82) is 0 Å². The maximum absolute atomic E-state index is 5.71. The van der Waals surface area contributed by atoms with Crippen LogP contribution in [0.5, 0.6) is 0 Å². The van der Waals surface area contributed by atoms with Gasteiger partial charge in [-0.25, -0.2) is 0 Å². The fraction of sp³-hybridized carbons (Fsp3) is 0.647. The van der Waals surface area contributed by atoms with Crippen molar-refractivity contribution in [3.63, 3.8) is 0 Å². The third-order valence-electron chi connectivity index (χ3n) is 3.99. The van der Waals surface area contributed by atoms with E-state index in [0.717, 1.165) is 32.7 Å². The van der Waals surface area contributed by atoms with Crippen LogP contribution < -0.4 is 5.32 Å². The van der Waals surface area contributed by atoms with E-state index >= 15 is 0 Å². The molecule has 1 N–H and O–H groups in total. The molecule has 1 heterocycles. The molecule has 1 aliphatic heterocycles. The Morgan fingerprint density at radius 1 is 1.35 bits per heavy atom. The van der Waals surface area contributed by atoms with Crippen LogP contribution in [-0.2, 0) is 4.74 Å². The van der Waals surface area contributed by atoms with E-state index in [2.05, 4.69) is 54.5 Å². The van der Waals surface area contributed by atoms with Crippen LogP contribution in [0.2, 0.25) is 0 Å². The first-order valence-electron chi connectivity index (χ1n) is 7.88. The van der Waals surface area contributed by atoms with Crippen LogP contribution in [0.15, 0.2) is 30.3 Å². The van der Waals surface area contributed by atoms with Gasteiger partial charge >= 0.3 is 0 Å². The predicted octanol–water partition coefficient (Wildman–Crippen LogP) is 2.84. The lowest BCUT2D eigenvalue weighted by Gasteiger charge is -2.24. The topological polar surface area (TPSA) is 24.5 Å². The normalized spacial score (nSPS) is 20.4. The van der Waals surface area contributed by atoms with E-state index in [1.165, 1.54) is 18.4 Å². The van der Waals surface area contributed by atoms with Gasteiger partial charge in [0, 0.05) is 19.2 Å². The highest BCUT2D eigenvalue weighted by molar-refractivity contribution is 5.18. The molecule has 112 valence electrons. The molecule has 0 amide bonds. The van der Waals surface area contributed by atoms with E-state index in [9.17, 15) is 0 Å². The van der Waals surface area contributed by atoms with Gasteiger partial charge in [0.15, 0.2) is 0 Å². The van der Waals surface area contributed by atoms with Crippen molar-refractivity contribution in [2.75, 3.05) is 33.3 Å². The molecule has 1 aromatic carbocycles. The first-order chi connectivity index (χ1) is 9.79. The van der Waals surface area contributed by atoms with Gasteiger partial charge in [-0.1, -0.05) is 37.3 Å². The molecule has 1 fully saturated rings. The monoisotopic (exact) mass is 276 g/mol. The third-order valence-corrected chi connectivity index (χ3v) is 3.99. The number of nitrogens with one attached hydrogen (secondary N) is 1. The van der Waals surface area contributed by atoms with Gasteiger partial charge < -0.3 is 15.0 Å². The number of nitrogens with zero attached hydrogens (tertiary/aromatic N) is 1. The van der Waals surface area contributed by atoms with Gasteiger partial charge in [0.2, 0.25) is 0 Å². The molecule has 0 aliphatic carbocycles. The number of likely N-dealkylation sites (N-methyl/N-ethyl adjacent to an activating group) is 1. The van der Waals surface area contributed by atoms with Crippen LogP contribution in [0, 0.1) is 0 Å². The summed E-state index contributed by atoms with van der Waals surface area (Å²) in [4.78, 5) is 2.41. The highest BCUT2D eigenvalue weighted by Gasteiger charge is 2.18. The minimum absolute atomic E-state index is 0.452. The van der Waals surface area contributed by atoms with E-state index in [4.69, 9.17) is 4.74 Å². The molecule has 0 saturated carbocycles. The van der Waals surface area contributed by atoms with Gasteiger partial charge in [-0.2, -0.15) is 0 Å². The highest BCUT2D eigenvalue weighted by Crippen LogP contribution is 2.18. The quantitative estimate of drug-likeness (QED) is 0.790. The summed E-state index contributed by atoms with van der Waals surface area (Å²) in [6, 6.07) is 11.2. The van der Waals surface area contributed by atoms with Crippen molar-refractivity contribution in [2.24, 2.45) is 0 Å². The van der Waals surface area contributed by atoms with Crippen molar-refractivity contribution in [2.45, 2.75) is 38.3 Å². The number of hydrogen-bond donors (Lipinski definition) is 1. The Labute approximate surface area is 123 Å². The van der Waals surface area contributed by atoms with Crippen molar-refractivity contribution < 1.29 is 4.74 Å². The summed E-state index contributed by atoms with van der Waals surface area (Å²) >= 11 is 0. The van der Waals surface area contributed by atoms with Gasteiger partial charge in [0.1, 0.15) is 0 Å². The molecule has 0 radical (unpaired) electrons. The van der Waals surface area contributed by atoms with Crippen molar-refractivity contribution >= 4 is 0 Å². The Bertz CT molecular complexity index is 363. The van der Waals surface area contributed by atoms with E-state index < -0.39 is 0 Å². The molecule has 1 aliphatic rings. The largest absolute Gasteiger partial charge is 0.377 e. The average Bonchev–Trinajstić information content (AvgIpc) is 2.97. The average molecular weight is 276 g/mol. The Balaban J connectivity index is 1.79. The lowest BCUT2D eigenvalue weighted by Crippen LogP contribution is -2.32. The molecule has 0 aromatic heterocycles. The fourth-order valence-corrected chi connectivity index (χ4v) is 2.90. The Hall–Kier alpha value is -0.900. The van der Waals surface area contributed by atoms with E-state index in [-0.39, 0.29) is 0 Å². The van der Waals surface area contributed by atoms with E-state index in [1.807, 2.05) is 0 Å². The van der Waals surface area contributed by atoms with Crippen LogP contribution in [0.25, 0.3) is 0 Å². The van der Waals surface area contributed by atoms with Gasteiger partial charge in [-0.15, -0.1) is 0 Å². The second-order valence-electron chi connectivity index (χ2n) is 5.71. The predicted molar refractivity (Wildman–Crippen MR) is 83.9 cm³/mol.